The maximum Gasteiger partial charge on any atom is 0.229 e. The molecule has 0 aliphatic rings. The van der Waals surface area contributed by atoms with Gasteiger partial charge in [-0.2, -0.15) is 0 Å². The van der Waals surface area contributed by atoms with E-state index < -0.39 is 33.5 Å². The first-order valence-electron chi connectivity index (χ1n) is 13.5. The third-order valence-corrected chi connectivity index (χ3v) is 7.82. The molecule has 0 aromatic heterocycles. The van der Waals surface area contributed by atoms with Gasteiger partial charge in [0.15, 0.2) is 0 Å². The third kappa shape index (κ3) is 7.79. The van der Waals surface area contributed by atoms with Crippen LogP contribution in [0.2, 0.25) is 0 Å². The van der Waals surface area contributed by atoms with Crippen molar-refractivity contribution < 1.29 is 28.5 Å². The Morgan fingerprint density at radius 3 is 2.29 bits per heavy atom. The first-order chi connectivity index (χ1) is 19.7. The SMILES string of the molecule is CC(C)(Cc1cccc(C(Cc2ccc(O)c3ccccc23)C(N)=O)c1)NC[C@@H](O)c1ccc(O)c(NS(C)(=O)=O)c1. The largest absolute Gasteiger partial charge is 0.507 e. The van der Waals surface area contributed by atoms with Crippen LogP contribution >= 0.6 is 0 Å². The lowest BCUT2D eigenvalue weighted by Crippen LogP contribution is -2.43. The summed E-state index contributed by atoms with van der Waals surface area (Å²) >= 11 is 0. The molecule has 42 heavy (non-hydrogen) atoms. The average molecular weight is 592 g/mol. The van der Waals surface area contributed by atoms with Crippen LogP contribution in [0, 0.1) is 0 Å². The predicted molar refractivity (Wildman–Crippen MR) is 165 cm³/mol. The number of anilines is 1. The number of carbonyl (C=O) groups is 1. The van der Waals surface area contributed by atoms with Gasteiger partial charge in [-0.05, 0) is 72.5 Å². The predicted octanol–water partition coefficient (Wildman–Crippen LogP) is 4.08. The average Bonchev–Trinajstić information content (AvgIpc) is 2.92. The lowest BCUT2D eigenvalue weighted by molar-refractivity contribution is -0.119. The highest BCUT2D eigenvalue weighted by molar-refractivity contribution is 7.92. The van der Waals surface area contributed by atoms with E-state index in [1.54, 1.807) is 6.07 Å². The molecule has 7 N–H and O–H groups in total. The quantitative estimate of drug-likeness (QED) is 0.135. The summed E-state index contributed by atoms with van der Waals surface area (Å²) in [4.78, 5) is 12.6. The van der Waals surface area contributed by atoms with E-state index in [4.69, 9.17) is 5.73 Å². The second-order valence-electron chi connectivity index (χ2n) is 11.3. The van der Waals surface area contributed by atoms with E-state index in [2.05, 4.69) is 10.0 Å². The van der Waals surface area contributed by atoms with Crippen molar-refractivity contribution in [2.75, 3.05) is 17.5 Å². The van der Waals surface area contributed by atoms with Gasteiger partial charge >= 0.3 is 0 Å². The Morgan fingerprint density at radius 1 is 0.905 bits per heavy atom. The van der Waals surface area contributed by atoms with Crippen molar-refractivity contribution in [2.45, 2.75) is 44.2 Å². The van der Waals surface area contributed by atoms with Gasteiger partial charge in [-0.25, -0.2) is 8.42 Å². The molecule has 4 rings (SSSR count). The van der Waals surface area contributed by atoms with Gasteiger partial charge in [-0.15, -0.1) is 0 Å². The maximum atomic E-state index is 12.6. The summed E-state index contributed by atoms with van der Waals surface area (Å²) in [5.41, 5.74) is 8.54. The Kier molecular flexibility index (Phi) is 9.10. The summed E-state index contributed by atoms with van der Waals surface area (Å²) in [5.74, 6) is -1.07. The normalized spacial score (nSPS) is 13.5. The fourth-order valence-corrected chi connectivity index (χ4v) is 5.72. The summed E-state index contributed by atoms with van der Waals surface area (Å²) in [6, 6.07) is 23.0. The lowest BCUT2D eigenvalue weighted by Gasteiger charge is -2.29. The number of aliphatic hydroxyl groups excluding tert-OH is 1. The molecule has 0 fully saturated rings. The molecule has 10 heteroatoms. The Labute approximate surface area is 246 Å². The van der Waals surface area contributed by atoms with E-state index in [0.29, 0.717) is 18.4 Å². The molecule has 0 radical (unpaired) electrons. The number of carbonyl (C=O) groups excluding carboxylic acids is 1. The zero-order valence-corrected chi connectivity index (χ0v) is 24.7. The number of phenolic OH excluding ortho intramolecular Hbond substituents is 2. The Balaban J connectivity index is 1.47. The number of phenols is 2. The molecule has 0 spiro atoms. The van der Waals surface area contributed by atoms with Crippen LogP contribution in [-0.4, -0.2) is 48.0 Å². The molecule has 1 unspecified atom stereocenters. The number of nitrogens with one attached hydrogen (secondary N) is 2. The van der Waals surface area contributed by atoms with Crippen molar-refractivity contribution in [3.8, 4) is 11.5 Å². The van der Waals surface area contributed by atoms with E-state index in [1.807, 2.05) is 68.4 Å². The summed E-state index contributed by atoms with van der Waals surface area (Å²) in [6.07, 6.45) is 0.986. The van der Waals surface area contributed by atoms with Crippen molar-refractivity contribution >= 4 is 32.4 Å². The molecule has 0 heterocycles. The standard InChI is InChI=1S/C32H37N3O6S/c1-32(2,34-19-30(38)23-12-14-29(37)27(17-23)35-42(3,40)41)18-20-7-6-8-21(15-20)26(31(33)39)16-22-11-13-28(36)25-10-5-4-9-24(22)25/h4-15,17,26,30,34-38H,16,18-19H2,1-3H3,(H2,33,39)/t26?,30-/m1/s1. The number of amides is 1. The minimum atomic E-state index is -3.60. The van der Waals surface area contributed by atoms with E-state index in [9.17, 15) is 28.5 Å². The van der Waals surface area contributed by atoms with Gasteiger partial charge in [-0.3, -0.25) is 9.52 Å². The number of β-amino-alcohol motifs (C(OH)–C–C–N with tert-alkyl or cyclic N) is 1. The number of aliphatic hydroxyl groups is 1. The number of sulfonamides is 1. The number of fused-ring (bicyclic) bond motifs is 1. The Hall–Kier alpha value is -4.12. The van der Waals surface area contributed by atoms with Crippen LogP contribution in [0.25, 0.3) is 10.8 Å². The lowest BCUT2D eigenvalue weighted by atomic mass is 9.86. The van der Waals surface area contributed by atoms with Gasteiger partial charge in [0.25, 0.3) is 0 Å². The zero-order chi connectivity index (χ0) is 30.7. The van der Waals surface area contributed by atoms with Crippen molar-refractivity contribution in [2.24, 2.45) is 5.73 Å². The number of nitrogens with two attached hydrogens (primary N) is 1. The van der Waals surface area contributed by atoms with Crippen LogP contribution in [0.1, 0.15) is 48.1 Å². The van der Waals surface area contributed by atoms with Gasteiger partial charge in [-0.1, -0.05) is 60.7 Å². The Morgan fingerprint density at radius 2 is 1.60 bits per heavy atom. The van der Waals surface area contributed by atoms with Crippen molar-refractivity contribution in [3.63, 3.8) is 0 Å². The Bertz CT molecular complexity index is 1700. The highest BCUT2D eigenvalue weighted by atomic mass is 32.2. The van der Waals surface area contributed by atoms with Gasteiger partial charge in [0.1, 0.15) is 11.5 Å². The number of hydrogen-bond donors (Lipinski definition) is 6. The molecular formula is C32H37N3O6S. The van der Waals surface area contributed by atoms with Crippen LogP contribution in [0.15, 0.2) is 78.9 Å². The second-order valence-corrected chi connectivity index (χ2v) is 13.1. The van der Waals surface area contributed by atoms with Gasteiger partial charge < -0.3 is 26.4 Å². The first-order valence-corrected chi connectivity index (χ1v) is 15.4. The molecule has 0 aliphatic carbocycles. The summed E-state index contributed by atoms with van der Waals surface area (Å²) < 4.78 is 25.4. The van der Waals surface area contributed by atoms with Crippen molar-refractivity contribution in [3.05, 3.63) is 101 Å². The van der Waals surface area contributed by atoms with E-state index in [0.717, 1.165) is 33.7 Å². The maximum absolute atomic E-state index is 12.6. The van der Waals surface area contributed by atoms with Crippen LogP contribution < -0.4 is 15.8 Å². The van der Waals surface area contributed by atoms with Crippen LogP contribution in [0.3, 0.4) is 0 Å². The molecule has 4 aromatic carbocycles. The highest BCUT2D eigenvalue weighted by Gasteiger charge is 2.24. The molecule has 222 valence electrons. The third-order valence-electron chi connectivity index (χ3n) is 7.23. The summed E-state index contributed by atoms with van der Waals surface area (Å²) in [7, 11) is -3.60. The van der Waals surface area contributed by atoms with Crippen molar-refractivity contribution in [1.82, 2.24) is 5.32 Å². The van der Waals surface area contributed by atoms with Gasteiger partial charge in [0.2, 0.25) is 15.9 Å². The zero-order valence-electron chi connectivity index (χ0n) is 23.8. The highest BCUT2D eigenvalue weighted by Crippen LogP contribution is 2.32. The van der Waals surface area contributed by atoms with Crippen LogP contribution in [-0.2, 0) is 27.7 Å². The molecule has 9 nitrogen and oxygen atoms in total. The fraction of sp³-hybridized carbons (Fsp3) is 0.281. The van der Waals surface area contributed by atoms with E-state index in [1.165, 1.54) is 18.2 Å². The van der Waals surface area contributed by atoms with Gasteiger partial charge in [0.05, 0.1) is 24.0 Å². The number of rotatable bonds is 12. The number of hydrogen-bond acceptors (Lipinski definition) is 7. The van der Waals surface area contributed by atoms with Gasteiger partial charge in [0, 0.05) is 17.5 Å². The minimum absolute atomic E-state index is 0.00516. The topological polar surface area (TPSA) is 162 Å². The number of primary amides is 1. The summed E-state index contributed by atoms with van der Waals surface area (Å²) in [5, 5.41) is 36.0. The smallest absolute Gasteiger partial charge is 0.229 e. The van der Waals surface area contributed by atoms with Crippen molar-refractivity contribution in [1.29, 1.82) is 0 Å². The minimum Gasteiger partial charge on any atom is -0.507 e. The number of aromatic hydroxyl groups is 2. The van der Waals surface area contributed by atoms with E-state index >= 15 is 0 Å². The molecule has 0 bridgehead atoms. The molecule has 0 saturated carbocycles. The molecule has 2 atom stereocenters. The molecular weight excluding hydrogens is 554 g/mol. The molecule has 0 aliphatic heterocycles. The molecule has 4 aromatic rings. The van der Waals surface area contributed by atoms with E-state index in [-0.39, 0.29) is 23.7 Å². The molecule has 1 amide bonds. The number of benzene rings is 4. The monoisotopic (exact) mass is 591 g/mol. The van der Waals surface area contributed by atoms with Crippen LogP contribution in [0.4, 0.5) is 5.69 Å². The molecule has 0 saturated heterocycles. The second kappa shape index (κ2) is 12.4. The van der Waals surface area contributed by atoms with Crippen LogP contribution in [0.5, 0.6) is 11.5 Å². The first kappa shape index (κ1) is 30.8. The fourth-order valence-electron chi connectivity index (χ4n) is 5.15. The summed E-state index contributed by atoms with van der Waals surface area (Å²) in [6.45, 7) is 4.16.